The number of hydrogen-bond donors (Lipinski definition) is 1. The number of anilines is 1. The number of carbonyl (C=O) groups excluding carboxylic acids is 2. The van der Waals surface area contributed by atoms with Gasteiger partial charge in [0.25, 0.3) is 5.91 Å². The van der Waals surface area contributed by atoms with E-state index in [1.807, 2.05) is 38.1 Å². The van der Waals surface area contributed by atoms with Crippen LogP contribution in [0, 0.1) is 0 Å². The van der Waals surface area contributed by atoms with Gasteiger partial charge in [0.1, 0.15) is 23.9 Å². The number of amides is 1. The molecule has 0 aliphatic carbocycles. The van der Waals surface area contributed by atoms with Gasteiger partial charge >= 0.3 is 5.97 Å². The van der Waals surface area contributed by atoms with Crippen molar-refractivity contribution in [3.05, 3.63) is 47.5 Å². The average molecular weight is 427 g/mol. The van der Waals surface area contributed by atoms with E-state index in [-0.39, 0.29) is 12.6 Å². The Balaban J connectivity index is 1.36. The summed E-state index contributed by atoms with van der Waals surface area (Å²) in [5.41, 5.74) is 0.919. The summed E-state index contributed by atoms with van der Waals surface area (Å²) in [7, 11) is 0. The molecule has 0 unspecified atom stereocenters. The lowest BCUT2D eigenvalue weighted by Gasteiger charge is -2.18. The molecule has 1 aromatic carbocycles. The second kappa shape index (κ2) is 8.58. The number of esters is 1. The first-order valence-corrected chi connectivity index (χ1v) is 10.3. The number of nitrogens with zero attached hydrogens (tertiary/aromatic N) is 2. The van der Waals surface area contributed by atoms with Crippen LogP contribution in [0.1, 0.15) is 29.6 Å². The first-order valence-electron chi connectivity index (χ1n) is 9.51. The van der Waals surface area contributed by atoms with E-state index < -0.39 is 11.9 Å². The fourth-order valence-electron chi connectivity index (χ4n) is 3.01. The molecule has 0 spiro atoms. The standard InChI is InChI=1S/C21H21N3O5S/c1-13(2)24-19(7-8-22-24)23-20(25)12-29-21(26)18-6-5-17(30-18)14-3-4-15-16(11-14)28-10-9-27-15/h3-8,11,13H,9-10,12H2,1-2H3,(H,23,25). The van der Waals surface area contributed by atoms with Gasteiger partial charge in [0.15, 0.2) is 18.1 Å². The second-order valence-electron chi connectivity index (χ2n) is 6.90. The van der Waals surface area contributed by atoms with Crippen LogP contribution in [0.25, 0.3) is 10.4 Å². The van der Waals surface area contributed by atoms with Gasteiger partial charge in [0.05, 0.1) is 6.20 Å². The minimum Gasteiger partial charge on any atom is -0.486 e. The number of thiophene rings is 1. The minimum atomic E-state index is -0.545. The van der Waals surface area contributed by atoms with Crippen LogP contribution in [-0.4, -0.2) is 41.5 Å². The second-order valence-corrected chi connectivity index (χ2v) is 7.99. The molecule has 0 saturated carbocycles. The van der Waals surface area contributed by atoms with Crippen molar-refractivity contribution in [2.24, 2.45) is 0 Å². The maximum atomic E-state index is 12.4. The fourth-order valence-corrected chi connectivity index (χ4v) is 3.90. The molecule has 3 heterocycles. The molecule has 8 nitrogen and oxygen atoms in total. The normalized spacial score (nSPS) is 12.6. The number of benzene rings is 1. The molecular weight excluding hydrogens is 406 g/mol. The molecule has 1 amide bonds. The fraction of sp³-hybridized carbons (Fsp3) is 0.286. The van der Waals surface area contributed by atoms with Gasteiger partial charge in [-0.25, -0.2) is 9.48 Å². The molecule has 9 heteroatoms. The zero-order chi connectivity index (χ0) is 21.1. The molecule has 2 aromatic heterocycles. The van der Waals surface area contributed by atoms with Crippen molar-refractivity contribution in [2.45, 2.75) is 19.9 Å². The summed E-state index contributed by atoms with van der Waals surface area (Å²) in [6.07, 6.45) is 1.60. The van der Waals surface area contributed by atoms with Crippen molar-refractivity contribution in [3.63, 3.8) is 0 Å². The van der Waals surface area contributed by atoms with E-state index in [0.717, 1.165) is 10.4 Å². The van der Waals surface area contributed by atoms with Crippen LogP contribution in [0.3, 0.4) is 0 Å². The molecule has 1 aliphatic heterocycles. The molecule has 4 rings (SSSR count). The Morgan fingerprint density at radius 1 is 1.17 bits per heavy atom. The Kier molecular flexibility index (Phi) is 5.71. The SMILES string of the molecule is CC(C)n1nccc1NC(=O)COC(=O)c1ccc(-c2ccc3c(c2)OCCO3)s1. The van der Waals surface area contributed by atoms with Gasteiger partial charge in [-0.05, 0) is 49.7 Å². The molecule has 1 N–H and O–H groups in total. The molecule has 0 bridgehead atoms. The quantitative estimate of drug-likeness (QED) is 0.603. The molecule has 0 saturated heterocycles. The number of nitrogens with one attached hydrogen (secondary N) is 1. The highest BCUT2D eigenvalue weighted by molar-refractivity contribution is 7.17. The topological polar surface area (TPSA) is 91.7 Å². The maximum absolute atomic E-state index is 12.4. The number of ether oxygens (including phenoxy) is 3. The highest BCUT2D eigenvalue weighted by Gasteiger charge is 2.17. The number of fused-ring (bicyclic) bond motifs is 1. The van der Waals surface area contributed by atoms with Gasteiger partial charge in [0.2, 0.25) is 0 Å². The molecule has 3 aromatic rings. The predicted octanol–water partition coefficient (Wildman–Crippen LogP) is 3.76. The van der Waals surface area contributed by atoms with Crippen LogP contribution in [0.4, 0.5) is 5.82 Å². The van der Waals surface area contributed by atoms with Crippen molar-refractivity contribution in [2.75, 3.05) is 25.1 Å². The van der Waals surface area contributed by atoms with Crippen molar-refractivity contribution in [1.82, 2.24) is 9.78 Å². The van der Waals surface area contributed by atoms with E-state index in [1.54, 1.807) is 23.0 Å². The number of aromatic nitrogens is 2. The number of carbonyl (C=O) groups is 2. The highest BCUT2D eigenvalue weighted by atomic mass is 32.1. The lowest BCUT2D eigenvalue weighted by molar-refractivity contribution is -0.119. The van der Waals surface area contributed by atoms with Gasteiger partial charge in [-0.3, -0.25) is 4.79 Å². The third-order valence-corrected chi connectivity index (χ3v) is 5.51. The summed E-state index contributed by atoms with van der Waals surface area (Å²) in [5.74, 6) is 0.994. The summed E-state index contributed by atoms with van der Waals surface area (Å²) in [6, 6.07) is 11.0. The molecular formula is C21H21N3O5S. The maximum Gasteiger partial charge on any atom is 0.348 e. The lowest BCUT2D eigenvalue weighted by atomic mass is 10.1. The van der Waals surface area contributed by atoms with E-state index in [2.05, 4.69) is 10.4 Å². The van der Waals surface area contributed by atoms with Crippen LogP contribution >= 0.6 is 11.3 Å². The van der Waals surface area contributed by atoms with Gasteiger partial charge < -0.3 is 19.5 Å². The van der Waals surface area contributed by atoms with Crippen molar-refractivity contribution >= 4 is 29.0 Å². The summed E-state index contributed by atoms with van der Waals surface area (Å²) >= 11 is 1.29. The number of rotatable bonds is 6. The van der Waals surface area contributed by atoms with E-state index >= 15 is 0 Å². The largest absolute Gasteiger partial charge is 0.486 e. The Morgan fingerprint density at radius 3 is 2.77 bits per heavy atom. The smallest absolute Gasteiger partial charge is 0.348 e. The summed E-state index contributed by atoms with van der Waals surface area (Å²) in [5, 5.41) is 6.85. The van der Waals surface area contributed by atoms with Gasteiger partial charge in [-0.1, -0.05) is 0 Å². The van der Waals surface area contributed by atoms with Crippen molar-refractivity contribution < 1.29 is 23.8 Å². The molecule has 0 radical (unpaired) electrons. The molecule has 156 valence electrons. The van der Waals surface area contributed by atoms with E-state index in [0.29, 0.717) is 35.4 Å². The van der Waals surface area contributed by atoms with Crippen LogP contribution in [0.2, 0.25) is 0 Å². The minimum absolute atomic E-state index is 0.1000. The predicted molar refractivity (Wildman–Crippen MR) is 112 cm³/mol. The summed E-state index contributed by atoms with van der Waals surface area (Å²) in [4.78, 5) is 25.8. The number of hydrogen-bond acceptors (Lipinski definition) is 7. The van der Waals surface area contributed by atoms with Crippen molar-refractivity contribution in [3.8, 4) is 21.9 Å². The first-order chi connectivity index (χ1) is 14.5. The van der Waals surface area contributed by atoms with Crippen LogP contribution < -0.4 is 14.8 Å². The summed E-state index contributed by atoms with van der Waals surface area (Å²) < 4.78 is 18.0. The summed E-state index contributed by atoms with van der Waals surface area (Å²) in [6.45, 7) is 4.59. The third kappa shape index (κ3) is 4.30. The highest BCUT2D eigenvalue weighted by Crippen LogP contribution is 2.37. The zero-order valence-corrected chi connectivity index (χ0v) is 17.4. The molecule has 0 fully saturated rings. The van der Waals surface area contributed by atoms with E-state index in [1.165, 1.54) is 11.3 Å². The Hall–Kier alpha value is -3.33. The average Bonchev–Trinajstić information content (AvgIpc) is 3.41. The lowest BCUT2D eigenvalue weighted by Crippen LogP contribution is -2.22. The van der Waals surface area contributed by atoms with Crippen LogP contribution in [0.5, 0.6) is 11.5 Å². The monoisotopic (exact) mass is 427 g/mol. The van der Waals surface area contributed by atoms with Crippen LogP contribution in [0.15, 0.2) is 42.6 Å². The zero-order valence-electron chi connectivity index (χ0n) is 16.6. The van der Waals surface area contributed by atoms with Crippen LogP contribution in [-0.2, 0) is 9.53 Å². The Labute approximate surface area is 177 Å². The van der Waals surface area contributed by atoms with Gasteiger partial charge in [-0.2, -0.15) is 5.10 Å². The Bertz CT molecular complexity index is 1070. The molecule has 0 atom stereocenters. The van der Waals surface area contributed by atoms with Gasteiger partial charge in [-0.15, -0.1) is 11.3 Å². The molecule has 1 aliphatic rings. The van der Waals surface area contributed by atoms with Crippen molar-refractivity contribution in [1.29, 1.82) is 0 Å². The first kappa shape index (κ1) is 20.0. The van der Waals surface area contributed by atoms with Gasteiger partial charge in [0, 0.05) is 17.0 Å². The van der Waals surface area contributed by atoms with E-state index in [9.17, 15) is 9.59 Å². The Morgan fingerprint density at radius 2 is 1.97 bits per heavy atom. The molecule has 30 heavy (non-hydrogen) atoms. The van der Waals surface area contributed by atoms with E-state index in [4.69, 9.17) is 14.2 Å². The third-order valence-electron chi connectivity index (χ3n) is 4.40.